The summed E-state index contributed by atoms with van der Waals surface area (Å²) in [5, 5.41) is 2.96. The summed E-state index contributed by atoms with van der Waals surface area (Å²) in [6, 6.07) is 0. The SMILES string of the molecule is C=CC(C)C(C)C=CNC. The van der Waals surface area contributed by atoms with Crippen LogP contribution in [0.1, 0.15) is 13.8 Å². The fourth-order valence-electron chi connectivity index (χ4n) is 0.638. The number of allylic oxidation sites excluding steroid dienone is 2. The summed E-state index contributed by atoms with van der Waals surface area (Å²) in [7, 11) is 1.90. The third kappa shape index (κ3) is 3.33. The van der Waals surface area contributed by atoms with Crippen LogP contribution in [0.2, 0.25) is 0 Å². The molecule has 0 aromatic rings. The Morgan fingerprint density at radius 3 is 2.30 bits per heavy atom. The summed E-state index contributed by atoms with van der Waals surface area (Å²) in [4.78, 5) is 0. The molecule has 0 amide bonds. The first kappa shape index (κ1) is 9.28. The van der Waals surface area contributed by atoms with E-state index in [9.17, 15) is 0 Å². The predicted octanol–water partition coefficient (Wildman–Crippen LogP) is 2.18. The van der Waals surface area contributed by atoms with Crippen LogP contribution in [0.25, 0.3) is 0 Å². The predicted molar refractivity (Wildman–Crippen MR) is 46.7 cm³/mol. The van der Waals surface area contributed by atoms with Crippen molar-refractivity contribution in [3.8, 4) is 0 Å². The molecule has 0 spiro atoms. The Kier molecular flexibility index (Phi) is 4.73. The molecule has 0 saturated heterocycles. The third-order valence-corrected chi connectivity index (χ3v) is 1.77. The minimum Gasteiger partial charge on any atom is -0.394 e. The zero-order chi connectivity index (χ0) is 7.98. The van der Waals surface area contributed by atoms with E-state index in [2.05, 4.69) is 31.8 Å². The van der Waals surface area contributed by atoms with Gasteiger partial charge in [0.25, 0.3) is 0 Å². The molecule has 1 nitrogen and oxygen atoms in total. The van der Waals surface area contributed by atoms with E-state index in [4.69, 9.17) is 0 Å². The Morgan fingerprint density at radius 1 is 1.30 bits per heavy atom. The summed E-state index contributed by atoms with van der Waals surface area (Å²) in [6.07, 6.45) is 6.08. The molecule has 1 heteroatoms. The lowest BCUT2D eigenvalue weighted by Crippen LogP contribution is -2.03. The van der Waals surface area contributed by atoms with Crippen molar-refractivity contribution in [1.29, 1.82) is 0 Å². The Hall–Kier alpha value is -0.720. The third-order valence-electron chi connectivity index (χ3n) is 1.77. The summed E-state index contributed by atoms with van der Waals surface area (Å²) in [5.74, 6) is 1.13. The molecule has 58 valence electrons. The number of hydrogen-bond acceptors (Lipinski definition) is 1. The molecule has 10 heavy (non-hydrogen) atoms. The van der Waals surface area contributed by atoms with E-state index in [0.29, 0.717) is 11.8 Å². The van der Waals surface area contributed by atoms with Gasteiger partial charge in [-0.05, 0) is 18.0 Å². The highest BCUT2D eigenvalue weighted by Gasteiger charge is 2.02. The molecule has 0 aromatic heterocycles. The molecule has 0 saturated carbocycles. The molecule has 0 fully saturated rings. The maximum Gasteiger partial charge on any atom is 0.00276 e. The quantitative estimate of drug-likeness (QED) is 0.589. The van der Waals surface area contributed by atoms with Gasteiger partial charge in [-0.1, -0.05) is 26.0 Å². The molecule has 1 N–H and O–H groups in total. The van der Waals surface area contributed by atoms with Gasteiger partial charge in [0.1, 0.15) is 0 Å². The van der Waals surface area contributed by atoms with E-state index < -0.39 is 0 Å². The molecular weight excluding hydrogens is 122 g/mol. The monoisotopic (exact) mass is 139 g/mol. The largest absolute Gasteiger partial charge is 0.394 e. The van der Waals surface area contributed by atoms with Gasteiger partial charge in [-0.2, -0.15) is 0 Å². The highest BCUT2D eigenvalue weighted by atomic mass is 14.8. The first-order valence-corrected chi connectivity index (χ1v) is 3.68. The Labute approximate surface area is 63.8 Å². The molecular formula is C9H17N. The first-order chi connectivity index (χ1) is 4.72. The Balaban J connectivity index is 3.70. The lowest BCUT2D eigenvalue weighted by Gasteiger charge is -2.10. The van der Waals surface area contributed by atoms with Gasteiger partial charge in [0, 0.05) is 7.05 Å². The summed E-state index contributed by atoms with van der Waals surface area (Å²) in [5.41, 5.74) is 0. The van der Waals surface area contributed by atoms with Crippen LogP contribution in [-0.4, -0.2) is 7.05 Å². The van der Waals surface area contributed by atoms with Gasteiger partial charge in [-0.25, -0.2) is 0 Å². The van der Waals surface area contributed by atoms with Gasteiger partial charge in [0.05, 0.1) is 0 Å². The molecule has 2 unspecified atom stereocenters. The molecule has 0 rings (SSSR count). The van der Waals surface area contributed by atoms with E-state index >= 15 is 0 Å². The molecule has 0 radical (unpaired) electrons. The fourth-order valence-corrected chi connectivity index (χ4v) is 0.638. The van der Waals surface area contributed by atoms with Crippen molar-refractivity contribution in [2.24, 2.45) is 11.8 Å². The van der Waals surface area contributed by atoms with Gasteiger partial charge >= 0.3 is 0 Å². The fraction of sp³-hybridized carbons (Fsp3) is 0.556. The topological polar surface area (TPSA) is 12.0 Å². The van der Waals surface area contributed by atoms with Crippen LogP contribution >= 0.6 is 0 Å². The Morgan fingerprint density at radius 2 is 1.90 bits per heavy atom. The number of nitrogens with one attached hydrogen (secondary N) is 1. The van der Waals surface area contributed by atoms with E-state index in [1.165, 1.54) is 0 Å². The van der Waals surface area contributed by atoms with Crippen LogP contribution in [0.4, 0.5) is 0 Å². The summed E-state index contributed by atoms with van der Waals surface area (Å²) in [6.45, 7) is 8.08. The average molecular weight is 139 g/mol. The van der Waals surface area contributed by atoms with Crippen molar-refractivity contribution in [2.45, 2.75) is 13.8 Å². The zero-order valence-corrected chi connectivity index (χ0v) is 7.09. The lowest BCUT2D eigenvalue weighted by atomic mass is 9.96. The molecule has 0 aliphatic carbocycles. The van der Waals surface area contributed by atoms with E-state index in [-0.39, 0.29) is 0 Å². The molecule has 2 atom stereocenters. The highest BCUT2D eigenvalue weighted by molar-refractivity contribution is 4.91. The van der Waals surface area contributed by atoms with Crippen molar-refractivity contribution in [2.75, 3.05) is 7.05 Å². The van der Waals surface area contributed by atoms with Gasteiger partial charge in [0.2, 0.25) is 0 Å². The molecule has 0 aliphatic rings. The number of rotatable bonds is 4. The van der Waals surface area contributed by atoms with Crippen molar-refractivity contribution >= 4 is 0 Å². The minimum atomic E-state index is 0.560. The normalized spacial score (nSPS) is 16.7. The van der Waals surface area contributed by atoms with Crippen LogP contribution < -0.4 is 5.32 Å². The lowest BCUT2D eigenvalue weighted by molar-refractivity contribution is 0.557. The van der Waals surface area contributed by atoms with Gasteiger partial charge in [-0.15, -0.1) is 6.58 Å². The first-order valence-electron chi connectivity index (χ1n) is 3.68. The van der Waals surface area contributed by atoms with Gasteiger partial charge < -0.3 is 5.32 Å². The maximum atomic E-state index is 3.74. The second-order valence-electron chi connectivity index (χ2n) is 2.60. The van der Waals surface area contributed by atoms with Crippen LogP contribution in [0.3, 0.4) is 0 Å². The zero-order valence-electron chi connectivity index (χ0n) is 7.09. The smallest absolute Gasteiger partial charge is 0.00276 e. The van der Waals surface area contributed by atoms with Crippen LogP contribution in [0, 0.1) is 11.8 Å². The van der Waals surface area contributed by atoms with Gasteiger partial charge in [-0.3, -0.25) is 0 Å². The van der Waals surface area contributed by atoms with Crippen molar-refractivity contribution < 1.29 is 0 Å². The van der Waals surface area contributed by atoms with Crippen LogP contribution in [-0.2, 0) is 0 Å². The van der Waals surface area contributed by atoms with Crippen molar-refractivity contribution in [1.82, 2.24) is 5.32 Å². The number of hydrogen-bond donors (Lipinski definition) is 1. The second-order valence-corrected chi connectivity index (χ2v) is 2.60. The van der Waals surface area contributed by atoms with E-state index in [0.717, 1.165) is 0 Å². The second kappa shape index (κ2) is 5.10. The molecule has 0 bridgehead atoms. The van der Waals surface area contributed by atoms with E-state index in [1.807, 2.05) is 19.3 Å². The Bertz CT molecular complexity index is 116. The maximum absolute atomic E-state index is 3.74. The molecule has 0 aliphatic heterocycles. The van der Waals surface area contributed by atoms with Crippen molar-refractivity contribution in [3.05, 3.63) is 24.9 Å². The summed E-state index contributed by atoms with van der Waals surface area (Å²) < 4.78 is 0. The average Bonchev–Trinajstić information content (AvgIpc) is 1.98. The van der Waals surface area contributed by atoms with Gasteiger partial charge in [0.15, 0.2) is 0 Å². The minimum absolute atomic E-state index is 0.560. The van der Waals surface area contributed by atoms with Crippen LogP contribution in [0.15, 0.2) is 24.9 Å². The molecule has 0 heterocycles. The highest BCUT2D eigenvalue weighted by Crippen LogP contribution is 2.11. The standard InChI is InChI=1S/C9H17N/c1-5-8(2)9(3)6-7-10-4/h5-10H,1H2,2-4H3. The van der Waals surface area contributed by atoms with Crippen molar-refractivity contribution in [3.63, 3.8) is 0 Å². The molecule has 0 aromatic carbocycles. The summed E-state index contributed by atoms with van der Waals surface area (Å²) >= 11 is 0. The van der Waals surface area contributed by atoms with Crippen LogP contribution in [0.5, 0.6) is 0 Å². The van der Waals surface area contributed by atoms with E-state index in [1.54, 1.807) is 0 Å².